The summed E-state index contributed by atoms with van der Waals surface area (Å²) in [6, 6.07) is 13.1. The molecule has 1 N–H and O–H groups in total. The minimum atomic E-state index is -3.86. The Morgan fingerprint density at radius 1 is 1.00 bits per heavy atom. The molecule has 0 aliphatic rings. The molecule has 2 aromatic carbocycles. The Hall–Kier alpha value is -2.23. The molecule has 0 bridgehead atoms. The van der Waals surface area contributed by atoms with Crippen LogP contribution in [0.5, 0.6) is 0 Å². The van der Waals surface area contributed by atoms with Crippen molar-refractivity contribution in [3.8, 4) is 11.1 Å². The second-order valence-corrected chi connectivity index (χ2v) is 4.51. The maximum atomic E-state index is 13.3. The number of aryl methyl sites for hydroxylation is 1. The van der Waals surface area contributed by atoms with Gasteiger partial charge in [-0.05, 0) is 23.1 Å². The number of rotatable bonds is 4. The van der Waals surface area contributed by atoms with Gasteiger partial charge in [0.1, 0.15) is 0 Å². The van der Waals surface area contributed by atoms with Crippen LogP contribution < -0.4 is 0 Å². The van der Waals surface area contributed by atoms with Crippen LogP contribution in [-0.2, 0) is 17.1 Å². The van der Waals surface area contributed by atoms with Crippen LogP contribution in [0.3, 0.4) is 0 Å². The molecular weight excluding hydrogens is 262 g/mol. The van der Waals surface area contributed by atoms with Crippen molar-refractivity contribution in [1.29, 1.82) is 0 Å². The van der Waals surface area contributed by atoms with Crippen LogP contribution in [0.15, 0.2) is 48.5 Å². The van der Waals surface area contributed by atoms with E-state index in [0.29, 0.717) is 0 Å². The molecule has 20 heavy (non-hydrogen) atoms. The Balaban J connectivity index is 2.30. The number of carbonyl (C=O) groups is 1. The molecule has 0 atom stereocenters. The van der Waals surface area contributed by atoms with Crippen LogP contribution >= 0.6 is 0 Å². The second kappa shape index (κ2) is 5.41. The lowest BCUT2D eigenvalue weighted by molar-refractivity contribution is -0.166. The van der Waals surface area contributed by atoms with Gasteiger partial charge in [0.2, 0.25) is 0 Å². The van der Waals surface area contributed by atoms with Crippen LogP contribution in [0.1, 0.15) is 18.1 Å². The second-order valence-electron chi connectivity index (χ2n) is 4.51. The van der Waals surface area contributed by atoms with E-state index >= 15 is 0 Å². The highest BCUT2D eigenvalue weighted by molar-refractivity contribution is 5.77. The van der Waals surface area contributed by atoms with Gasteiger partial charge in [0.15, 0.2) is 0 Å². The average Bonchev–Trinajstić information content (AvgIpc) is 2.47. The summed E-state index contributed by atoms with van der Waals surface area (Å²) in [5.74, 6) is -6.00. The molecule has 0 heterocycles. The molecule has 2 aromatic rings. The van der Waals surface area contributed by atoms with Crippen molar-refractivity contribution in [1.82, 2.24) is 0 Å². The number of carboxylic acids is 1. The van der Waals surface area contributed by atoms with E-state index in [4.69, 9.17) is 5.11 Å². The SMILES string of the molecule is CCc1ccc(-c2ccc(C(F)(F)C(=O)O)cc2)cc1. The number of benzene rings is 2. The summed E-state index contributed by atoms with van der Waals surface area (Å²) < 4.78 is 26.6. The van der Waals surface area contributed by atoms with Gasteiger partial charge in [0, 0.05) is 5.56 Å². The van der Waals surface area contributed by atoms with Crippen LogP contribution in [0.4, 0.5) is 8.78 Å². The monoisotopic (exact) mass is 276 g/mol. The Kier molecular flexibility index (Phi) is 3.84. The van der Waals surface area contributed by atoms with Crippen molar-refractivity contribution in [2.45, 2.75) is 19.3 Å². The van der Waals surface area contributed by atoms with Gasteiger partial charge in [0.05, 0.1) is 0 Å². The Morgan fingerprint density at radius 3 is 1.85 bits per heavy atom. The molecule has 0 amide bonds. The predicted molar refractivity (Wildman–Crippen MR) is 72.8 cm³/mol. The molecule has 104 valence electrons. The van der Waals surface area contributed by atoms with Gasteiger partial charge in [0.25, 0.3) is 0 Å². The fourth-order valence-electron chi connectivity index (χ4n) is 1.93. The highest BCUT2D eigenvalue weighted by Gasteiger charge is 2.40. The lowest BCUT2D eigenvalue weighted by Gasteiger charge is -2.12. The third-order valence-corrected chi connectivity index (χ3v) is 3.21. The third-order valence-electron chi connectivity index (χ3n) is 3.21. The highest BCUT2D eigenvalue weighted by atomic mass is 19.3. The molecule has 0 radical (unpaired) electrons. The van der Waals surface area contributed by atoms with Gasteiger partial charge < -0.3 is 5.11 Å². The van der Waals surface area contributed by atoms with Crippen molar-refractivity contribution in [2.24, 2.45) is 0 Å². The van der Waals surface area contributed by atoms with Crippen LogP contribution in [0.25, 0.3) is 11.1 Å². The topological polar surface area (TPSA) is 37.3 Å². The van der Waals surface area contributed by atoms with Gasteiger partial charge >= 0.3 is 11.9 Å². The molecule has 0 spiro atoms. The van der Waals surface area contributed by atoms with E-state index in [1.165, 1.54) is 17.7 Å². The largest absolute Gasteiger partial charge is 0.477 e. The third kappa shape index (κ3) is 2.69. The van der Waals surface area contributed by atoms with E-state index in [1.54, 1.807) is 0 Å². The summed E-state index contributed by atoms with van der Waals surface area (Å²) in [7, 11) is 0. The zero-order valence-electron chi connectivity index (χ0n) is 10.9. The fourth-order valence-corrected chi connectivity index (χ4v) is 1.93. The molecule has 0 fully saturated rings. The number of hydrogen-bond donors (Lipinski definition) is 1. The normalized spacial score (nSPS) is 11.3. The molecule has 2 rings (SSSR count). The van der Waals surface area contributed by atoms with E-state index in [-0.39, 0.29) is 0 Å². The Bertz CT molecular complexity index is 601. The van der Waals surface area contributed by atoms with E-state index in [1.807, 2.05) is 24.3 Å². The number of aliphatic carboxylic acids is 1. The van der Waals surface area contributed by atoms with Gasteiger partial charge in [-0.25, -0.2) is 4.79 Å². The van der Waals surface area contributed by atoms with E-state index in [9.17, 15) is 13.6 Å². The molecule has 0 aliphatic carbocycles. The molecule has 2 nitrogen and oxygen atoms in total. The first-order valence-corrected chi connectivity index (χ1v) is 6.26. The zero-order chi connectivity index (χ0) is 14.8. The standard InChI is InChI=1S/C16H14F2O2/c1-2-11-3-5-12(6-4-11)13-7-9-14(10-8-13)16(17,18)15(19)20/h3-10H,2H2,1H3,(H,19,20). The number of halogens is 2. The van der Waals surface area contributed by atoms with E-state index in [0.717, 1.165) is 29.7 Å². The quantitative estimate of drug-likeness (QED) is 0.913. The lowest BCUT2D eigenvalue weighted by Crippen LogP contribution is -2.25. The average molecular weight is 276 g/mol. The van der Waals surface area contributed by atoms with E-state index in [2.05, 4.69) is 6.92 Å². The molecule has 4 heteroatoms. The Morgan fingerprint density at radius 2 is 1.45 bits per heavy atom. The first-order valence-electron chi connectivity index (χ1n) is 6.26. The number of carboxylic acid groups (broad SMARTS) is 1. The maximum absolute atomic E-state index is 13.3. The lowest BCUT2D eigenvalue weighted by atomic mass is 10.00. The summed E-state index contributed by atoms with van der Waals surface area (Å²) in [5.41, 5.74) is 2.37. The van der Waals surface area contributed by atoms with Crippen molar-refractivity contribution in [3.63, 3.8) is 0 Å². The molecule has 0 saturated carbocycles. The minimum Gasteiger partial charge on any atom is -0.477 e. The fraction of sp³-hybridized carbons (Fsp3) is 0.188. The van der Waals surface area contributed by atoms with Crippen LogP contribution in [0, 0.1) is 0 Å². The summed E-state index contributed by atoms with van der Waals surface area (Å²) >= 11 is 0. The molecule has 0 aliphatic heterocycles. The van der Waals surface area contributed by atoms with Crippen molar-refractivity contribution >= 4 is 5.97 Å². The predicted octanol–water partition coefficient (Wildman–Crippen LogP) is 4.09. The summed E-state index contributed by atoms with van der Waals surface area (Å²) in [5, 5.41) is 8.49. The highest BCUT2D eigenvalue weighted by Crippen LogP contribution is 2.30. The minimum absolute atomic E-state index is 0.515. The summed E-state index contributed by atoms with van der Waals surface area (Å²) in [6.07, 6.45) is 0.935. The molecule has 0 aromatic heterocycles. The van der Waals surface area contributed by atoms with Crippen molar-refractivity contribution in [2.75, 3.05) is 0 Å². The first-order chi connectivity index (χ1) is 9.45. The smallest absolute Gasteiger partial charge is 0.379 e. The molecule has 0 saturated heterocycles. The first kappa shape index (κ1) is 14.2. The van der Waals surface area contributed by atoms with Gasteiger partial charge in [-0.15, -0.1) is 0 Å². The van der Waals surface area contributed by atoms with Crippen LogP contribution in [0.2, 0.25) is 0 Å². The summed E-state index contributed by atoms with van der Waals surface area (Å²) in [6.45, 7) is 2.05. The van der Waals surface area contributed by atoms with Gasteiger partial charge in [-0.3, -0.25) is 0 Å². The number of hydrogen-bond acceptors (Lipinski definition) is 1. The zero-order valence-corrected chi connectivity index (χ0v) is 10.9. The maximum Gasteiger partial charge on any atom is 0.379 e. The molecule has 0 unspecified atom stereocenters. The number of alkyl halides is 2. The van der Waals surface area contributed by atoms with Gasteiger partial charge in [-0.2, -0.15) is 8.78 Å². The van der Waals surface area contributed by atoms with Crippen molar-refractivity contribution < 1.29 is 18.7 Å². The Labute approximate surface area is 115 Å². The van der Waals surface area contributed by atoms with Crippen LogP contribution in [-0.4, -0.2) is 11.1 Å². The summed E-state index contributed by atoms with van der Waals surface area (Å²) in [4.78, 5) is 10.5. The van der Waals surface area contributed by atoms with Gasteiger partial charge in [-0.1, -0.05) is 55.5 Å². The van der Waals surface area contributed by atoms with E-state index < -0.39 is 17.5 Å². The van der Waals surface area contributed by atoms with Crippen molar-refractivity contribution in [3.05, 3.63) is 59.7 Å². The molecular formula is C16H14F2O2.